The minimum Gasteiger partial charge on any atom is -0.862 e. The molecule has 2 aromatic rings. The fourth-order valence-electron chi connectivity index (χ4n) is 4.61. The van der Waals surface area contributed by atoms with Gasteiger partial charge in [0.05, 0.1) is 18.4 Å². The van der Waals surface area contributed by atoms with E-state index in [-0.39, 0.29) is 48.1 Å². The van der Waals surface area contributed by atoms with Gasteiger partial charge in [-0.1, -0.05) is 101 Å². The molecule has 38 heavy (non-hydrogen) atoms. The van der Waals surface area contributed by atoms with Crippen molar-refractivity contribution in [3.05, 3.63) is 42.5 Å². The van der Waals surface area contributed by atoms with Crippen molar-refractivity contribution in [3.63, 3.8) is 0 Å². The molecule has 1 unspecified atom stereocenters. The van der Waals surface area contributed by atoms with Crippen molar-refractivity contribution < 1.29 is 52.4 Å². The van der Waals surface area contributed by atoms with Crippen LogP contribution in [0.25, 0.3) is 10.8 Å². The van der Waals surface area contributed by atoms with Crippen molar-refractivity contribution in [3.8, 4) is 5.75 Å². The zero-order valence-electron chi connectivity index (χ0n) is 23.6. The van der Waals surface area contributed by atoms with Crippen molar-refractivity contribution >= 4 is 26.8 Å². The van der Waals surface area contributed by atoms with Crippen molar-refractivity contribution in [1.82, 2.24) is 0 Å². The maximum atomic E-state index is 11.7. The molecule has 2 aromatic carbocycles. The van der Waals surface area contributed by atoms with E-state index in [2.05, 4.69) is 54.4 Å². The Balaban J connectivity index is 0.00000722. The largest absolute Gasteiger partial charge is 1.00 e. The molecule has 0 aliphatic rings. The Hall–Kier alpha value is -1.12. The molecule has 2 rings (SSSR count). The maximum Gasteiger partial charge on any atom is 1.00 e. The number of hydrogen-bond donors (Lipinski definition) is 1. The first-order chi connectivity index (χ1) is 17.9. The average Bonchev–Trinajstić information content (AvgIpc) is 2.86. The monoisotopic (exact) mass is 555 g/mol. The maximum absolute atomic E-state index is 11.7. The van der Waals surface area contributed by atoms with Gasteiger partial charge in [0.15, 0.2) is 0 Å². The molecule has 1 N–H and O–H groups in total. The molecular weight excluding hydrogens is 509 g/mol. The molecular formula is C30H46NNaO5S. The van der Waals surface area contributed by atoms with Gasteiger partial charge < -0.3 is 14.8 Å². The van der Waals surface area contributed by atoms with Crippen LogP contribution in [0.3, 0.4) is 0 Å². The summed E-state index contributed by atoms with van der Waals surface area (Å²) in [5, 5.41) is 14.1. The van der Waals surface area contributed by atoms with E-state index >= 15 is 0 Å². The van der Waals surface area contributed by atoms with Crippen LogP contribution < -0.4 is 39.4 Å². The number of nitrogens with zero attached hydrogens (tertiary/aromatic N) is 1. The molecule has 0 aromatic heterocycles. The molecule has 0 fully saturated rings. The summed E-state index contributed by atoms with van der Waals surface area (Å²) in [5.41, 5.74) is 0. The number of unbranched alkanes of at least 4 members (excludes halogenated alkanes) is 10. The predicted octanol–water partition coefficient (Wildman–Crippen LogP) is 4.11. The zero-order chi connectivity index (χ0) is 26.8. The number of ether oxygens (including phenoxy) is 1. The molecule has 0 amide bonds. The molecule has 0 saturated carbocycles. The second-order valence-electron chi connectivity index (χ2n) is 10.00. The summed E-state index contributed by atoms with van der Waals surface area (Å²) in [6.07, 6.45) is 16.7. The van der Waals surface area contributed by atoms with E-state index in [1.807, 2.05) is 0 Å². The van der Waals surface area contributed by atoms with Crippen molar-refractivity contribution in [2.75, 3.05) is 12.3 Å². The number of benzene rings is 2. The van der Waals surface area contributed by atoms with E-state index in [4.69, 9.17) is 9.29 Å². The number of rotatable bonds is 21. The normalized spacial score (nSPS) is 12.8. The van der Waals surface area contributed by atoms with Crippen LogP contribution in [0.4, 0.5) is 0 Å². The Bertz CT molecular complexity index is 1020. The third kappa shape index (κ3) is 16.1. The van der Waals surface area contributed by atoms with Crippen LogP contribution in [0, 0.1) is 0 Å². The Labute approximate surface area is 252 Å². The van der Waals surface area contributed by atoms with Gasteiger partial charge in [-0.05, 0) is 55.9 Å². The van der Waals surface area contributed by atoms with E-state index in [0.29, 0.717) is 6.42 Å². The zero-order valence-corrected chi connectivity index (χ0v) is 26.4. The minimum atomic E-state index is -4.06. The molecule has 208 valence electrons. The van der Waals surface area contributed by atoms with Gasteiger partial charge >= 0.3 is 29.6 Å². The Kier molecular flexibility index (Phi) is 19.0. The molecule has 0 radical (unpaired) electrons. The Morgan fingerprint density at radius 1 is 0.868 bits per heavy atom. The third-order valence-corrected chi connectivity index (χ3v) is 7.43. The second kappa shape index (κ2) is 20.7. The van der Waals surface area contributed by atoms with E-state index in [1.54, 1.807) is 0 Å². The van der Waals surface area contributed by atoms with Crippen LogP contribution in [-0.2, 0) is 10.1 Å². The quantitative estimate of drug-likeness (QED) is 0.0822. The van der Waals surface area contributed by atoms with E-state index in [0.717, 1.165) is 57.1 Å². The minimum absolute atomic E-state index is 0. The molecule has 1 atom stereocenters. The van der Waals surface area contributed by atoms with Crippen molar-refractivity contribution in [2.45, 2.75) is 109 Å². The topological polar surface area (TPSA) is 99.0 Å². The number of aliphatic imine (C=N–C) groups is 1. The van der Waals surface area contributed by atoms with Gasteiger partial charge in [-0.15, -0.1) is 0 Å². The SMILES string of the molecule is CCCCCCCCC(CCCCCCCCC([O-])=NCCS(=O)(=O)O)Oc1cccc2ccccc12.[Na+]. The fourth-order valence-corrected chi connectivity index (χ4v) is 4.93. The summed E-state index contributed by atoms with van der Waals surface area (Å²) in [5.74, 6) is 0.204. The smallest absolute Gasteiger partial charge is 0.862 e. The molecule has 8 heteroatoms. The summed E-state index contributed by atoms with van der Waals surface area (Å²) in [4.78, 5) is 3.68. The van der Waals surface area contributed by atoms with Crippen molar-refractivity contribution in [1.29, 1.82) is 0 Å². The molecule has 0 bridgehead atoms. The molecule has 0 heterocycles. The van der Waals surface area contributed by atoms with Gasteiger partial charge in [-0.3, -0.25) is 4.55 Å². The van der Waals surface area contributed by atoms with Gasteiger partial charge in [-0.2, -0.15) is 8.42 Å². The number of fused-ring (bicyclic) bond motifs is 1. The Morgan fingerprint density at radius 2 is 1.45 bits per heavy atom. The number of hydrogen-bond acceptors (Lipinski definition) is 5. The summed E-state index contributed by atoms with van der Waals surface area (Å²) in [7, 11) is -4.06. The van der Waals surface area contributed by atoms with Crippen LogP contribution in [0.15, 0.2) is 47.5 Å². The first kappa shape index (κ1) is 34.9. The third-order valence-electron chi connectivity index (χ3n) is 6.73. The molecule has 0 aliphatic heterocycles. The van der Waals surface area contributed by atoms with E-state index in [9.17, 15) is 13.5 Å². The van der Waals surface area contributed by atoms with Gasteiger partial charge in [0.2, 0.25) is 0 Å². The van der Waals surface area contributed by atoms with Gasteiger partial charge in [0, 0.05) is 5.39 Å². The average molecular weight is 556 g/mol. The molecule has 0 spiro atoms. The predicted molar refractivity (Wildman–Crippen MR) is 152 cm³/mol. The van der Waals surface area contributed by atoms with Crippen molar-refractivity contribution in [2.24, 2.45) is 4.99 Å². The van der Waals surface area contributed by atoms with Crippen LogP contribution in [0.2, 0.25) is 0 Å². The van der Waals surface area contributed by atoms with Crippen LogP contribution in [0.5, 0.6) is 5.75 Å². The van der Waals surface area contributed by atoms with E-state index in [1.165, 1.54) is 49.3 Å². The summed E-state index contributed by atoms with van der Waals surface area (Å²) in [6, 6.07) is 14.7. The standard InChI is InChI=1S/C30H47NO5S.Na/c1-2-3-4-5-8-11-19-27(36-29-22-16-18-26-17-14-15-21-28(26)29)20-12-9-6-7-10-13-23-30(32)31-24-25-37(33,34)35;/h14-18,21-22,27H,2-13,19-20,23-25H2,1H3,(H,31,32)(H,33,34,35);/q;+1/p-1. The summed E-state index contributed by atoms with van der Waals surface area (Å²) >= 11 is 0. The van der Waals surface area contributed by atoms with Crippen LogP contribution in [0.1, 0.15) is 103 Å². The second-order valence-corrected chi connectivity index (χ2v) is 11.6. The van der Waals surface area contributed by atoms with Gasteiger partial charge in [0.1, 0.15) is 5.75 Å². The molecule has 0 aliphatic carbocycles. The first-order valence-corrected chi connectivity index (χ1v) is 15.8. The van der Waals surface area contributed by atoms with Gasteiger partial charge in [0.25, 0.3) is 10.1 Å². The first-order valence-electron chi connectivity index (χ1n) is 14.2. The Morgan fingerprint density at radius 3 is 2.11 bits per heavy atom. The fraction of sp³-hybridized carbons (Fsp3) is 0.633. The van der Waals surface area contributed by atoms with Crippen LogP contribution >= 0.6 is 0 Å². The van der Waals surface area contributed by atoms with Crippen LogP contribution in [-0.4, -0.2) is 37.3 Å². The molecule has 0 saturated heterocycles. The summed E-state index contributed by atoms with van der Waals surface area (Å²) in [6.45, 7) is 2.08. The summed E-state index contributed by atoms with van der Waals surface area (Å²) < 4.78 is 36.6. The van der Waals surface area contributed by atoms with E-state index < -0.39 is 15.9 Å². The van der Waals surface area contributed by atoms with Gasteiger partial charge in [-0.25, -0.2) is 0 Å². The molecule has 6 nitrogen and oxygen atoms in total.